The Morgan fingerprint density at radius 3 is 2.55 bits per heavy atom. The Hall–Kier alpha value is -2.01. The normalized spacial score (nSPS) is 11.4. The number of benzene rings is 1. The molecule has 20 heavy (non-hydrogen) atoms. The summed E-state index contributed by atoms with van der Waals surface area (Å²) in [7, 11) is 0. The van der Waals surface area contributed by atoms with E-state index >= 15 is 0 Å². The smallest absolute Gasteiger partial charge is 0.264 e. The van der Waals surface area contributed by atoms with E-state index < -0.39 is 6.43 Å². The van der Waals surface area contributed by atoms with Crippen molar-refractivity contribution in [3.63, 3.8) is 0 Å². The fourth-order valence-corrected chi connectivity index (χ4v) is 2.19. The van der Waals surface area contributed by atoms with Crippen molar-refractivity contribution >= 4 is 22.7 Å². The molecule has 0 bridgehead atoms. The Balaban J connectivity index is 2.25. The molecule has 3 rings (SSSR count). The first-order valence-electron chi connectivity index (χ1n) is 5.87. The van der Waals surface area contributed by atoms with Crippen LogP contribution in [0.5, 0.6) is 0 Å². The van der Waals surface area contributed by atoms with Crippen molar-refractivity contribution in [2.24, 2.45) is 0 Å². The highest BCUT2D eigenvalue weighted by atomic mass is 35.5. The van der Waals surface area contributed by atoms with Gasteiger partial charge in [0.2, 0.25) is 0 Å². The molecule has 3 nitrogen and oxygen atoms in total. The predicted molar refractivity (Wildman–Crippen MR) is 71.9 cm³/mol. The van der Waals surface area contributed by atoms with E-state index in [0.29, 0.717) is 22.0 Å². The van der Waals surface area contributed by atoms with E-state index in [-0.39, 0.29) is 16.7 Å². The molecule has 0 fully saturated rings. The lowest BCUT2D eigenvalue weighted by molar-refractivity contribution is 0.153. The van der Waals surface area contributed by atoms with Gasteiger partial charge in [-0.1, -0.05) is 28.9 Å². The van der Waals surface area contributed by atoms with Gasteiger partial charge in [-0.2, -0.15) is 0 Å². The summed E-state index contributed by atoms with van der Waals surface area (Å²) >= 11 is 5.81. The molecule has 0 amide bonds. The summed E-state index contributed by atoms with van der Waals surface area (Å²) in [4.78, 5) is 4.23. The highest BCUT2D eigenvalue weighted by Gasteiger charge is 2.20. The molecule has 0 radical (unpaired) electrons. The van der Waals surface area contributed by atoms with Crippen LogP contribution in [0, 0.1) is 6.92 Å². The molecule has 1 aromatic carbocycles. The second-order valence-corrected chi connectivity index (χ2v) is 4.79. The van der Waals surface area contributed by atoms with Crippen LogP contribution in [0.2, 0.25) is 5.02 Å². The molecule has 0 saturated heterocycles. The molecule has 0 atom stereocenters. The van der Waals surface area contributed by atoms with Gasteiger partial charge < -0.3 is 4.52 Å². The number of hydrogen-bond donors (Lipinski definition) is 0. The van der Waals surface area contributed by atoms with E-state index in [9.17, 15) is 8.78 Å². The van der Waals surface area contributed by atoms with Gasteiger partial charge in [-0.3, -0.25) is 0 Å². The van der Waals surface area contributed by atoms with Gasteiger partial charge in [0.25, 0.3) is 12.1 Å². The highest BCUT2D eigenvalue weighted by molar-refractivity contribution is 6.30. The molecule has 0 saturated carbocycles. The number of pyridine rings is 1. The van der Waals surface area contributed by atoms with Crippen LogP contribution < -0.4 is 0 Å². The Bertz CT molecular complexity index is 769. The maximum Gasteiger partial charge on any atom is 0.264 e. The Kier molecular flexibility index (Phi) is 3.14. The topological polar surface area (TPSA) is 38.9 Å². The molecule has 0 aliphatic carbocycles. The van der Waals surface area contributed by atoms with Gasteiger partial charge in [0, 0.05) is 16.1 Å². The van der Waals surface area contributed by atoms with Crippen LogP contribution in [-0.4, -0.2) is 10.1 Å². The van der Waals surface area contributed by atoms with Gasteiger partial charge in [0.05, 0.1) is 16.8 Å². The van der Waals surface area contributed by atoms with Crippen LogP contribution in [0.3, 0.4) is 0 Å². The van der Waals surface area contributed by atoms with E-state index in [2.05, 4.69) is 10.1 Å². The Morgan fingerprint density at radius 2 is 1.90 bits per heavy atom. The van der Waals surface area contributed by atoms with Gasteiger partial charge in [0.15, 0.2) is 0 Å². The first-order chi connectivity index (χ1) is 9.56. The average Bonchev–Trinajstić information content (AvgIpc) is 2.80. The monoisotopic (exact) mass is 294 g/mol. The van der Waals surface area contributed by atoms with Crippen molar-refractivity contribution < 1.29 is 13.3 Å². The van der Waals surface area contributed by atoms with Gasteiger partial charge in [-0.25, -0.2) is 13.8 Å². The summed E-state index contributed by atoms with van der Waals surface area (Å²) in [5.41, 5.74) is 1.49. The molecule has 2 heterocycles. The molecular weight excluding hydrogens is 286 g/mol. The minimum atomic E-state index is -2.62. The minimum absolute atomic E-state index is 0.116. The number of halogens is 3. The predicted octanol–water partition coefficient (Wildman–Crippen LogP) is 4.79. The van der Waals surface area contributed by atoms with E-state index in [1.807, 2.05) is 0 Å². The number of fused-ring (bicyclic) bond motifs is 1. The third kappa shape index (κ3) is 2.14. The van der Waals surface area contributed by atoms with Crippen molar-refractivity contribution in [2.45, 2.75) is 13.3 Å². The summed E-state index contributed by atoms with van der Waals surface area (Å²) in [5, 5.41) is 4.54. The quantitative estimate of drug-likeness (QED) is 0.682. The molecule has 2 aromatic heterocycles. The highest BCUT2D eigenvalue weighted by Crippen LogP contribution is 2.33. The largest absolute Gasteiger partial charge is 0.336 e. The third-order valence-electron chi connectivity index (χ3n) is 3.02. The van der Waals surface area contributed by atoms with E-state index in [1.165, 1.54) is 6.07 Å². The fraction of sp³-hybridized carbons (Fsp3) is 0.143. The molecule has 3 aromatic rings. The second kappa shape index (κ2) is 4.83. The number of aromatic nitrogens is 2. The number of nitrogens with zero attached hydrogens (tertiary/aromatic N) is 2. The lowest BCUT2D eigenvalue weighted by Crippen LogP contribution is -1.92. The molecular formula is C14H9ClF2N2O. The van der Waals surface area contributed by atoms with Gasteiger partial charge in [-0.15, -0.1) is 0 Å². The van der Waals surface area contributed by atoms with Gasteiger partial charge in [0.1, 0.15) is 0 Å². The summed E-state index contributed by atoms with van der Waals surface area (Å²) in [5.74, 6) is 0. The molecule has 0 aliphatic rings. The van der Waals surface area contributed by atoms with Crippen molar-refractivity contribution in [1.82, 2.24) is 10.1 Å². The zero-order valence-electron chi connectivity index (χ0n) is 10.4. The molecule has 102 valence electrons. The Morgan fingerprint density at radius 1 is 1.20 bits per heavy atom. The SMILES string of the molecule is Cc1noc2nc(-c3ccc(Cl)cc3)cc(C(F)F)c12. The van der Waals surface area contributed by atoms with Crippen molar-refractivity contribution in [3.05, 3.63) is 46.6 Å². The van der Waals surface area contributed by atoms with Crippen LogP contribution in [0.1, 0.15) is 17.7 Å². The van der Waals surface area contributed by atoms with Crippen LogP contribution >= 0.6 is 11.6 Å². The summed E-state index contributed by atoms with van der Waals surface area (Å²) < 4.78 is 31.4. The van der Waals surface area contributed by atoms with Gasteiger partial charge in [-0.05, 0) is 25.1 Å². The maximum absolute atomic E-state index is 13.2. The fourth-order valence-electron chi connectivity index (χ4n) is 2.07. The number of aryl methyl sites for hydroxylation is 1. The minimum Gasteiger partial charge on any atom is -0.336 e. The molecule has 6 heteroatoms. The van der Waals surface area contributed by atoms with E-state index in [4.69, 9.17) is 16.1 Å². The molecule has 0 unspecified atom stereocenters. The number of alkyl halides is 2. The molecule has 0 aliphatic heterocycles. The van der Waals surface area contributed by atoms with Crippen LogP contribution in [0.25, 0.3) is 22.4 Å². The maximum atomic E-state index is 13.2. The van der Waals surface area contributed by atoms with Crippen molar-refractivity contribution in [2.75, 3.05) is 0 Å². The third-order valence-corrected chi connectivity index (χ3v) is 3.27. The van der Waals surface area contributed by atoms with Crippen LogP contribution in [0.4, 0.5) is 8.78 Å². The number of rotatable bonds is 2. The average molecular weight is 295 g/mol. The van der Waals surface area contributed by atoms with Crippen LogP contribution in [0.15, 0.2) is 34.9 Å². The van der Waals surface area contributed by atoms with Crippen molar-refractivity contribution in [3.8, 4) is 11.3 Å². The van der Waals surface area contributed by atoms with Crippen LogP contribution in [-0.2, 0) is 0 Å². The van der Waals surface area contributed by atoms with Gasteiger partial charge >= 0.3 is 0 Å². The summed E-state index contributed by atoms with van der Waals surface area (Å²) in [6.45, 7) is 1.61. The van der Waals surface area contributed by atoms with E-state index in [0.717, 1.165) is 0 Å². The zero-order valence-corrected chi connectivity index (χ0v) is 11.2. The standard InChI is InChI=1S/C14H9ClF2N2O/c1-7-12-10(13(16)17)6-11(18-14(12)20-19-7)8-2-4-9(15)5-3-8/h2-6,13H,1H3. The first-order valence-corrected chi connectivity index (χ1v) is 6.25. The molecule has 0 spiro atoms. The zero-order chi connectivity index (χ0) is 14.3. The summed E-state index contributed by atoms with van der Waals surface area (Å²) in [6.07, 6.45) is -2.62. The molecule has 0 N–H and O–H groups in total. The van der Waals surface area contributed by atoms with E-state index in [1.54, 1.807) is 31.2 Å². The second-order valence-electron chi connectivity index (χ2n) is 4.35. The number of hydrogen-bond acceptors (Lipinski definition) is 3. The lowest BCUT2D eigenvalue weighted by atomic mass is 10.1. The van der Waals surface area contributed by atoms with Crippen molar-refractivity contribution in [1.29, 1.82) is 0 Å². The first kappa shape index (κ1) is 13.0. The lowest BCUT2D eigenvalue weighted by Gasteiger charge is -2.06. The summed E-state index contributed by atoms with van der Waals surface area (Å²) in [6, 6.07) is 8.15. The Labute approximate surface area is 118 Å².